The molecule has 1 saturated heterocycles. The molecule has 0 unspecified atom stereocenters. The minimum absolute atomic E-state index is 0.389. The fourth-order valence-corrected chi connectivity index (χ4v) is 2.46. The van der Waals surface area contributed by atoms with Crippen LogP contribution in [0.2, 0.25) is 0 Å². The molecule has 0 spiro atoms. The highest BCUT2D eigenvalue weighted by atomic mass is 19.2. The van der Waals surface area contributed by atoms with E-state index in [0.29, 0.717) is 4.57 Å². The summed E-state index contributed by atoms with van der Waals surface area (Å²) in [6.45, 7) is -0.875. The van der Waals surface area contributed by atoms with Crippen LogP contribution in [0.1, 0.15) is 6.23 Å². The topological polar surface area (TPSA) is 203 Å². The molecule has 0 aliphatic carbocycles. The first-order valence-corrected chi connectivity index (χ1v) is 6.46. The van der Waals surface area contributed by atoms with Gasteiger partial charge in [0.2, 0.25) is 17.8 Å². The Morgan fingerprint density at radius 3 is 2.75 bits per heavy atom. The van der Waals surface area contributed by atoms with Gasteiger partial charge in [0, 0.05) is 0 Å². The van der Waals surface area contributed by atoms with Gasteiger partial charge in [-0.1, -0.05) is 4.98 Å². The van der Waals surface area contributed by atoms with Crippen LogP contribution in [0.25, 0.3) is 11.2 Å². The summed E-state index contributed by atoms with van der Waals surface area (Å²) in [5, 5.41) is 39.7. The zero-order chi connectivity index (χ0) is 17.8. The van der Waals surface area contributed by atoms with E-state index in [9.17, 15) is 29.5 Å². The first-order valence-electron chi connectivity index (χ1n) is 6.46. The number of halogens is 1. The second-order valence-electron chi connectivity index (χ2n) is 5.04. The van der Waals surface area contributed by atoms with Crippen LogP contribution < -0.4 is 11.3 Å². The zero-order valence-electron chi connectivity index (χ0n) is 11.7. The Labute approximate surface area is 130 Å². The fraction of sp³-hybridized carbons (Fsp3) is 0.500. The highest BCUT2D eigenvalue weighted by Crippen LogP contribution is 2.42. The third-order valence-corrected chi connectivity index (χ3v) is 3.55. The third kappa shape index (κ3) is 2.12. The number of anilines is 1. The number of fused-ring (bicyclic) bond motifs is 1. The maximum absolute atomic E-state index is 14.5. The number of nitrogens with zero attached hydrogens (tertiary/aromatic N) is 4. The Morgan fingerprint density at radius 1 is 1.54 bits per heavy atom. The summed E-state index contributed by atoms with van der Waals surface area (Å²) in [5.74, 6) is -5.03. The number of H-pyrrole nitrogens is 1. The van der Waals surface area contributed by atoms with Crippen molar-refractivity contribution in [1.82, 2.24) is 19.5 Å². The van der Waals surface area contributed by atoms with Gasteiger partial charge in [0.1, 0.15) is 12.2 Å². The van der Waals surface area contributed by atoms with Crippen molar-refractivity contribution >= 4 is 23.1 Å². The van der Waals surface area contributed by atoms with Crippen molar-refractivity contribution in [2.45, 2.75) is 24.3 Å². The molecule has 4 atom stereocenters. The van der Waals surface area contributed by atoms with Crippen LogP contribution in [0, 0.1) is 10.1 Å². The van der Waals surface area contributed by atoms with Crippen molar-refractivity contribution in [1.29, 1.82) is 0 Å². The van der Waals surface area contributed by atoms with E-state index in [1.54, 1.807) is 0 Å². The first-order chi connectivity index (χ1) is 11.2. The van der Waals surface area contributed by atoms with E-state index in [1.807, 2.05) is 0 Å². The minimum Gasteiger partial charge on any atom is -0.394 e. The molecular weight excluding hydrogens is 335 g/mol. The lowest BCUT2D eigenvalue weighted by molar-refractivity contribution is -0.399. The van der Waals surface area contributed by atoms with E-state index in [-0.39, 0.29) is 0 Å². The maximum atomic E-state index is 14.5. The highest BCUT2D eigenvalue weighted by Gasteiger charge is 2.60. The molecule has 0 bridgehead atoms. The number of alkyl halides is 1. The summed E-state index contributed by atoms with van der Waals surface area (Å²) in [6, 6.07) is 0. The summed E-state index contributed by atoms with van der Waals surface area (Å²) < 4.78 is 19.8. The molecule has 130 valence electrons. The Hall–Kier alpha value is -2.68. The molecule has 0 amide bonds. The molecule has 13 nitrogen and oxygen atoms in total. The minimum atomic E-state index is -3.52. The SMILES string of the molecule is Nc1nc2c(nc([N+](=O)[O-])n2[C@@H]2O[C@H](CO)[C@@H](O)[C@]2(O)F)c(=O)[nH]1. The highest BCUT2D eigenvalue weighted by molar-refractivity contribution is 5.73. The van der Waals surface area contributed by atoms with Gasteiger partial charge in [-0.25, -0.2) is 4.39 Å². The Bertz CT molecular complexity index is 878. The number of hydrogen-bond donors (Lipinski definition) is 5. The average molecular weight is 346 g/mol. The van der Waals surface area contributed by atoms with Crippen LogP contribution in [0.5, 0.6) is 0 Å². The number of nitrogens with one attached hydrogen (secondary N) is 1. The largest absolute Gasteiger partial charge is 0.439 e. The Morgan fingerprint density at radius 2 is 2.21 bits per heavy atom. The molecule has 14 heteroatoms. The lowest BCUT2D eigenvalue weighted by Crippen LogP contribution is -2.43. The normalized spacial score (nSPS) is 30.1. The molecule has 1 fully saturated rings. The van der Waals surface area contributed by atoms with E-state index in [2.05, 4.69) is 15.0 Å². The van der Waals surface area contributed by atoms with Crippen LogP contribution in [-0.2, 0) is 4.74 Å². The molecule has 1 aliphatic heterocycles. The summed E-state index contributed by atoms with van der Waals surface area (Å²) in [4.78, 5) is 31.0. The smallest absolute Gasteiger partial charge is 0.394 e. The predicted molar refractivity (Wildman–Crippen MR) is 72.3 cm³/mol. The van der Waals surface area contributed by atoms with E-state index in [1.165, 1.54) is 0 Å². The second-order valence-corrected chi connectivity index (χ2v) is 5.04. The number of nitro groups is 1. The van der Waals surface area contributed by atoms with Crippen molar-refractivity contribution in [2.24, 2.45) is 0 Å². The first kappa shape index (κ1) is 16.2. The zero-order valence-corrected chi connectivity index (χ0v) is 11.7. The molecule has 0 aromatic carbocycles. The van der Waals surface area contributed by atoms with Crippen LogP contribution in [0.15, 0.2) is 4.79 Å². The second kappa shape index (κ2) is 5.17. The molecule has 2 aromatic rings. The number of hydrogen-bond acceptors (Lipinski definition) is 10. The summed E-state index contributed by atoms with van der Waals surface area (Å²) in [6.07, 6.45) is -5.96. The van der Waals surface area contributed by atoms with Crippen LogP contribution in [0.3, 0.4) is 0 Å². The fourth-order valence-electron chi connectivity index (χ4n) is 2.46. The number of nitrogen functional groups attached to an aromatic ring is 1. The van der Waals surface area contributed by atoms with Crippen molar-refractivity contribution in [3.63, 3.8) is 0 Å². The number of aliphatic hydroxyl groups is 3. The Kier molecular flexibility index (Phi) is 3.48. The molecule has 0 saturated carbocycles. The molecule has 1 aliphatic rings. The van der Waals surface area contributed by atoms with Gasteiger partial charge in [0.05, 0.1) is 6.61 Å². The van der Waals surface area contributed by atoms with Gasteiger partial charge in [-0.05, 0) is 4.92 Å². The number of rotatable bonds is 3. The van der Waals surface area contributed by atoms with Gasteiger partial charge in [-0.3, -0.25) is 9.78 Å². The molecule has 2 aromatic heterocycles. The van der Waals surface area contributed by atoms with Gasteiger partial charge in [-0.15, -0.1) is 0 Å². The monoisotopic (exact) mass is 346 g/mol. The molecular formula is C10H11FN6O7. The van der Waals surface area contributed by atoms with E-state index < -0.39 is 64.4 Å². The van der Waals surface area contributed by atoms with Crippen molar-refractivity contribution in [3.05, 3.63) is 20.5 Å². The number of aromatic amines is 1. The maximum Gasteiger partial charge on any atom is 0.439 e. The standard InChI is InChI=1S/C10H11FN6O7/c11-10(21)4(19)2(1-18)24-7(10)16-5-3(13-9(16)17(22)23)6(20)15-8(12)14-5/h2,4,7,18-19,21H,1H2,(H3,12,14,15,20)/t2-,4-,7-,10-/m1/s1. The van der Waals surface area contributed by atoms with E-state index in [4.69, 9.17) is 15.6 Å². The van der Waals surface area contributed by atoms with Crippen LogP contribution in [-0.4, -0.2) is 64.4 Å². The van der Waals surface area contributed by atoms with Gasteiger partial charge < -0.3 is 35.9 Å². The summed E-state index contributed by atoms with van der Waals surface area (Å²) >= 11 is 0. The molecule has 0 radical (unpaired) electrons. The van der Waals surface area contributed by atoms with Crippen LogP contribution in [0.4, 0.5) is 16.3 Å². The number of aromatic nitrogens is 4. The van der Waals surface area contributed by atoms with E-state index in [0.717, 1.165) is 0 Å². The van der Waals surface area contributed by atoms with E-state index >= 15 is 0 Å². The number of nitrogens with two attached hydrogens (primary N) is 1. The van der Waals surface area contributed by atoms with Gasteiger partial charge >= 0.3 is 5.95 Å². The predicted octanol–water partition coefficient (Wildman–Crippen LogP) is -2.48. The molecule has 3 rings (SSSR count). The van der Waals surface area contributed by atoms with Crippen molar-refractivity contribution < 1.29 is 29.4 Å². The number of imidazole rings is 1. The lowest BCUT2D eigenvalue weighted by atomic mass is 10.1. The van der Waals surface area contributed by atoms with Gasteiger partial charge in [-0.2, -0.15) is 9.55 Å². The third-order valence-electron chi connectivity index (χ3n) is 3.55. The molecule has 6 N–H and O–H groups in total. The van der Waals surface area contributed by atoms with Gasteiger partial charge in [0.15, 0.2) is 0 Å². The van der Waals surface area contributed by atoms with Crippen molar-refractivity contribution in [2.75, 3.05) is 12.3 Å². The quantitative estimate of drug-likeness (QED) is 0.292. The number of ether oxygens (including phenoxy) is 1. The van der Waals surface area contributed by atoms with Gasteiger partial charge in [0.25, 0.3) is 16.9 Å². The Balaban J connectivity index is 2.31. The number of aliphatic hydroxyl groups excluding tert-OH is 2. The molecule has 24 heavy (non-hydrogen) atoms. The average Bonchev–Trinajstić information content (AvgIpc) is 2.96. The lowest BCUT2D eigenvalue weighted by Gasteiger charge is -2.20. The molecule has 3 heterocycles. The van der Waals surface area contributed by atoms with Crippen LogP contribution >= 0.6 is 0 Å². The van der Waals surface area contributed by atoms with Crippen molar-refractivity contribution in [3.8, 4) is 0 Å². The summed E-state index contributed by atoms with van der Waals surface area (Å²) in [5.41, 5.74) is 3.35. The summed E-state index contributed by atoms with van der Waals surface area (Å²) in [7, 11) is 0.